The first-order chi connectivity index (χ1) is 9.74. The highest BCUT2D eigenvalue weighted by Gasteiger charge is 2.46. The molecule has 2 nitrogen and oxygen atoms in total. The minimum atomic E-state index is -3.17. The smallest absolute Gasteiger partial charge is 0.303 e. The van der Waals surface area contributed by atoms with E-state index >= 15 is 0 Å². The molecule has 1 N–H and O–H groups in total. The van der Waals surface area contributed by atoms with Gasteiger partial charge in [-0.3, -0.25) is 4.79 Å². The molecule has 0 amide bonds. The number of hydrogen-bond acceptors (Lipinski definition) is 1. The third kappa shape index (κ3) is 3.78. The van der Waals surface area contributed by atoms with Crippen LogP contribution in [0.15, 0.2) is 22.7 Å². The Labute approximate surface area is 129 Å². The van der Waals surface area contributed by atoms with Gasteiger partial charge in [0, 0.05) is 12.0 Å². The molecule has 0 spiro atoms. The number of alkyl halides is 2. The zero-order valence-electron chi connectivity index (χ0n) is 11.3. The number of aliphatic carboxylic acids is 1. The molecule has 1 aliphatic rings. The molecular weight excluding hydrogens is 349 g/mol. The van der Waals surface area contributed by atoms with Gasteiger partial charge in [-0.2, -0.15) is 0 Å². The topological polar surface area (TPSA) is 37.3 Å². The molecule has 0 radical (unpaired) electrons. The van der Waals surface area contributed by atoms with Crippen LogP contribution in [0.4, 0.5) is 13.2 Å². The maximum absolute atomic E-state index is 14.5. The minimum absolute atomic E-state index is 0.0154. The molecule has 116 valence electrons. The molecule has 0 saturated heterocycles. The Morgan fingerprint density at radius 3 is 2.48 bits per heavy atom. The largest absolute Gasteiger partial charge is 0.481 e. The summed E-state index contributed by atoms with van der Waals surface area (Å²) in [5, 5.41) is 8.99. The number of rotatable bonds is 5. The second-order valence-electron chi connectivity index (χ2n) is 5.79. The molecule has 0 atom stereocenters. The van der Waals surface area contributed by atoms with Gasteiger partial charge in [0.05, 0.1) is 10.9 Å². The van der Waals surface area contributed by atoms with Crippen molar-refractivity contribution in [2.45, 2.75) is 44.4 Å². The van der Waals surface area contributed by atoms with E-state index in [1.807, 2.05) is 0 Å². The zero-order valence-corrected chi connectivity index (χ0v) is 12.9. The van der Waals surface area contributed by atoms with Crippen LogP contribution in [0.5, 0.6) is 0 Å². The van der Waals surface area contributed by atoms with Crippen molar-refractivity contribution in [3.8, 4) is 0 Å². The van der Waals surface area contributed by atoms with Gasteiger partial charge in [-0.25, -0.2) is 13.2 Å². The van der Waals surface area contributed by atoms with Crippen LogP contribution in [0.25, 0.3) is 0 Å². The van der Waals surface area contributed by atoms with Gasteiger partial charge in [0.2, 0.25) is 0 Å². The van der Waals surface area contributed by atoms with Gasteiger partial charge in [0.1, 0.15) is 5.82 Å². The van der Waals surface area contributed by atoms with Gasteiger partial charge in [0.25, 0.3) is 5.92 Å². The van der Waals surface area contributed by atoms with Crippen LogP contribution in [0.2, 0.25) is 0 Å². The molecule has 0 unspecified atom stereocenters. The Morgan fingerprint density at radius 1 is 1.33 bits per heavy atom. The summed E-state index contributed by atoms with van der Waals surface area (Å²) in [7, 11) is 0. The maximum atomic E-state index is 14.5. The number of benzene rings is 1. The van der Waals surface area contributed by atoms with Crippen molar-refractivity contribution < 1.29 is 23.1 Å². The van der Waals surface area contributed by atoms with Gasteiger partial charge in [-0.1, -0.05) is 18.9 Å². The zero-order chi connectivity index (χ0) is 15.7. The lowest BCUT2D eigenvalue weighted by Gasteiger charge is -2.32. The maximum Gasteiger partial charge on any atom is 0.303 e. The molecule has 1 fully saturated rings. The fourth-order valence-corrected chi connectivity index (χ4v) is 3.54. The first-order valence-corrected chi connectivity index (χ1v) is 7.59. The van der Waals surface area contributed by atoms with E-state index in [1.165, 1.54) is 0 Å². The molecule has 6 heteroatoms. The lowest BCUT2D eigenvalue weighted by atomic mass is 9.76. The Hall–Kier alpha value is -1.04. The first-order valence-electron chi connectivity index (χ1n) is 6.79. The lowest BCUT2D eigenvalue weighted by Crippen LogP contribution is -2.29. The van der Waals surface area contributed by atoms with Crippen molar-refractivity contribution in [2.24, 2.45) is 5.41 Å². The van der Waals surface area contributed by atoms with Crippen molar-refractivity contribution in [2.75, 3.05) is 0 Å². The summed E-state index contributed by atoms with van der Waals surface area (Å²) in [6.45, 7) is 0. The highest BCUT2D eigenvalue weighted by atomic mass is 79.9. The molecule has 1 aromatic rings. The molecular formula is C15H16BrF3O2. The third-order valence-electron chi connectivity index (χ3n) is 4.13. The standard InChI is InChI=1S/C15H16BrF3O2/c16-11-7-10(3-4-12(11)17)15(18,19)9-14(8-13(20)21)5-1-2-6-14/h3-4,7H,1-2,5-6,8-9H2,(H,20,21). The second kappa shape index (κ2) is 5.99. The number of carbonyl (C=O) groups is 1. The summed E-state index contributed by atoms with van der Waals surface area (Å²) in [6.07, 6.45) is 1.79. The average Bonchev–Trinajstić information content (AvgIpc) is 2.78. The number of carboxylic acid groups (broad SMARTS) is 1. The van der Waals surface area contributed by atoms with Crippen LogP contribution in [-0.4, -0.2) is 11.1 Å². The Kier molecular flexibility index (Phi) is 4.66. The normalized spacial score (nSPS) is 17.9. The van der Waals surface area contributed by atoms with Crippen molar-refractivity contribution >= 4 is 21.9 Å². The Bertz CT molecular complexity index is 540. The molecule has 21 heavy (non-hydrogen) atoms. The third-order valence-corrected chi connectivity index (χ3v) is 4.74. The van der Waals surface area contributed by atoms with Crippen LogP contribution in [-0.2, 0) is 10.7 Å². The molecule has 0 bridgehead atoms. The van der Waals surface area contributed by atoms with Crippen LogP contribution >= 0.6 is 15.9 Å². The first kappa shape index (κ1) is 16.3. The summed E-state index contributed by atoms with van der Waals surface area (Å²) in [6, 6.07) is 3.12. The highest BCUT2D eigenvalue weighted by molar-refractivity contribution is 9.10. The van der Waals surface area contributed by atoms with Gasteiger partial charge in [-0.05, 0) is 46.3 Å². The quantitative estimate of drug-likeness (QED) is 0.788. The molecule has 2 rings (SSSR count). The van der Waals surface area contributed by atoms with E-state index in [1.54, 1.807) is 0 Å². The summed E-state index contributed by atoms with van der Waals surface area (Å²) < 4.78 is 42.1. The fraction of sp³-hybridized carbons (Fsp3) is 0.533. The molecule has 0 aliphatic heterocycles. The fourth-order valence-electron chi connectivity index (χ4n) is 3.16. The van der Waals surface area contributed by atoms with E-state index < -0.39 is 29.5 Å². The summed E-state index contributed by atoms with van der Waals surface area (Å²) in [4.78, 5) is 11.0. The number of halogens is 4. The molecule has 1 saturated carbocycles. The SMILES string of the molecule is O=C(O)CC1(CC(F)(F)c2ccc(F)c(Br)c2)CCCC1. The van der Waals surface area contributed by atoms with E-state index in [-0.39, 0.29) is 16.5 Å². The monoisotopic (exact) mass is 364 g/mol. The number of carboxylic acids is 1. The second-order valence-corrected chi connectivity index (χ2v) is 6.64. The summed E-state index contributed by atoms with van der Waals surface area (Å²) >= 11 is 2.90. The summed E-state index contributed by atoms with van der Waals surface area (Å²) in [5.41, 5.74) is -1.15. The van der Waals surface area contributed by atoms with E-state index in [0.29, 0.717) is 12.8 Å². The minimum Gasteiger partial charge on any atom is -0.481 e. The van der Waals surface area contributed by atoms with E-state index in [0.717, 1.165) is 31.0 Å². The predicted octanol–water partition coefficient (Wildman–Crippen LogP) is 5.11. The van der Waals surface area contributed by atoms with Crippen molar-refractivity contribution in [3.63, 3.8) is 0 Å². The molecule has 1 aromatic carbocycles. The van der Waals surface area contributed by atoms with Crippen LogP contribution in [0.3, 0.4) is 0 Å². The lowest BCUT2D eigenvalue weighted by molar-refractivity contribution is -0.141. The van der Waals surface area contributed by atoms with Crippen LogP contribution < -0.4 is 0 Å². The van der Waals surface area contributed by atoms with Crippen LogP contribution in [0, 0.1) is 11.2 Å². The van der Waals surface area contributed by atoms with Gasteiger partial charge in [0.15, 0.2) is 0 Å². The molecule has 1 aliphatic carbocycles. The van der Waals surface area contributed by atoms with Gasteiger partial charge in [-0.15, -0.1) is 0 Å². The van der Waals surface area contributed by atoms with E-state index in [4.69, 9.17) is 5.11 Å². The Morgan fingerprint density at radius 2 is 1.95 bits per heavy atom. The molecule has 0 heterocycles. The Balaban J connectivity index is 2.25. The van der Waals surface area contributed by atoms with E-state index in [2.05, 4.69) is 15.9 Å². The van der Waals surface area contributed by atoms with Crippen molar-refractivity contribution in [3.05, 3.63) is 34.1 Å². The van der Waals surface area contributed by atoms with Gasteiger partial charge >= 0.3 is 5.97 Å². The van der Waals surface area contributed by atoms with E-state index in [9.17, 15) is 18.0 Å². The predicted molar refractivity (Wildman–Crippen MR) is 75.8 cm³/mol. The highest BCUT2D eigenvalue weighted by Crippen LogP contribution is 2.51. The van der Waals surface area contributed by atoms with Gasteiger partial charge < -0.3 is 5.11 Å². The summed E-state index contributed by atoms with van der Waals surface area (Å²) in [5.74, 6) is -4.82. The number of hydrogen-bond donors (Lipinski definition) is 1. The van der Waals surface area contributed by atoms with Crippen molar-refractivity contribution in [1.82, 2.24) is 0 Å². The average molecular weight is 365 g/mol. The van der Waals surface area contributed by atoms with Crippen LogP contribution in [0.1, 0.15) is 44.1 Å². The van der Waals surface area contributed by atoms with Crippen molar-refractivity contribution in [1.29, 1.82) is 0 Å². The molecule has 0 aromatic heterocycles.